The van der Waals surface area contributed by atoms with Crippen LogP contribution < -0.4 is 0 Å². The highest BCUT2D eigenvalue weighted by molar-refractivity contribution is 8.18. The Morgan fingerprint density at radius 2 is 1.90 bits per heavy atom. The van der Waals surface area contributed by atoms with Crippen LogP contribution >= 0.6 is 48.3 Å². The fraction of sp³-hybridized carbons (Fsp3) is 0.450. The minimum atomic E-state index is -0.135. The van der Waals surface area contributed by atoms with Gasteiger partial charge in [0, 0.05) is 38.2 Å². The number of amides is 2. The molecule has 2 fully saturated rings. The van der Waals surface area contributed by atoms with Gasteiger partial charge in [-0.15, -0.1) is 36.6 Å². The van der Waals surface area contributed by atoms with E-state index in [1.165, 1.54) is 11.3 Å². The number of halogens is 2. The van der Waals surface area contributed by atoms with Gasteiger partial charge in [-0.2, -0.15) is 0 Å². The summed E-state index contributed by atoms with van der Waals surface area (Å²) in [6, 6.07) is 6.09. The van der Waals surface area contributed by atoms with Gasteiger partial charge in [-0.05, 0) is 61.8 Å². The lowest BCUT2D eigenvalue weighted by molar-refractivity contribution is -0.122. The van der Waals surface area contributed by atoms with Crippen LogP contribution in [0.5, 0.6) is 0 Å². The first-order valence-corrected chi connectivity index (χ1v) is 11.6. The molecule has 2 amide bonds. The van der Waals surface area contributed by atoms with Crippen LogP contribution in [0.3, 0.4) is 0 Å². The molecule has 0 radical (unpaired) electrons. The Labute approximate surface area is 197 Å². The molecule has 0 unspecified atom stereocenters. The fourth-order valence-electron chi connectivity index (χ4n) is 3.48. The summed E-state index contributed by atoms with van der Waals surface area (Å²) in [5.41, 5.74) is 0.948. The number of aromatic nitrogens is 2. The highest BCUT2D eigenvalue weighted by atomic mass is 35.5. The minimum Gasteiger partial charge on any atom is -0.376 e. The smallest absolute Gasteiger partial charge is 0.293 e. The van der Waals surface area contributed by atoms with E-state index in [2.05, 4.69) is 20.4 Å². The lowest BCUT2D eigenvalue weighted by Gasteiger charge is -2.25. The quantitative estimate of drug-likeness (QED) is 0.308. The second-order valence-corrected chi connectivity index (χ2v) is 9.10. The summed E-state index contributed by atoms with van der Waals surface area (Å²) < 4.78 is 2.08. The number of carbonyl (C=O) groups is 2. The van der Waals surface area contributed by atoms with Crippen LogP contribution in [0.25, 0.3) is 5.65 Å². The van der Waals surface area contributed by atoms with Crippen molar-refractivity contribution in [2.24, 2.45) is 0 Å². The highest BCUT2D eigenvalue weighted by Crippen LogP contribution is 2.31. The summed E-state index contributed by atoms with van der Waals surface area (Å²) in [6.07, 6.45) is 11.0. The summed E-state index contributed by atoms with van der Waals surface area (Å²) in [5, 5.41) is 1.02. The number of hydrogen-bond donors (Lipinski definition) is 0. The highest BCUT2D eigenvalue weighted by Gasteiger charge is 2.35. The third kappa shape index (κ3) is 5.87. The van der Waals surface area contributed by atoms with Crippen LogP contribution in [0.1, 0.15) is 32.1 Å². The van der Waals surface area contributed by atoms with Gasteiger partial charge in [-0.1, -0.05) is 6.07 Å². The van der Waals surface area contributed by atoms with E-state index in [-0.39, 0.29) is 36.0 Å². The van der Waals surface area contributed by atoms with Crippen LogP contribution in [-0.4, -0.2) is 55.7 Å². The first-order chi connectivity index (χ1) is 13.7. The second-order valence-electron chi connectivity index (χ2n) is 6.99. The van der Waals surface area contributed by atoms with Gasteiger partial charge in [0.1, 0.15) is 5.65 Å². The molecule has 0 aromatic carbocycles. The Morgan fingerprint density at radius 3 is 2.70 bits per heavy atom. The summed E-state index contributed by atoms with van der Waals surface area (Å²) in [5.74, 6) is 0.813. The SMILES string of the molecule is Cl.Cl.O=C1S/C(=C\N2CCCCC2)C(=O)N1CCCCSc1cccc2nccn12. The fourth-order valence-corrected chi connectivity index (χ4v) is 5.38. The van der Waals surface area contributed by atoms with Crippen molar-refractivity contribution < 1.29 is 9.59 Å². The van der Waals surface area contributed by atoms with E-state index in [9.17, 15) is 9.59 Å². The van der Waals surface area contributed by atoms with Gasteiger partial charge in [-0.3, -0.25) is 18.9 Å². The molecule has 2 aliphatic heterocycles. The molecule has 2 aromatic rings. The van der Waals surface area contributed by atoms with Gasteiger partial charge >= 0.3 is 0 Å². The third-order valence-corrected chi connectivity index (χ3v) is 7.00. The van der Waals surface area contributed by atoms with Crippen molar-refractivity contribution in [2.75, 3.05) is 25.4 Å². The molecule has 0 bridgehead atoms. The number of imidazole rings is 1. The van der Waals surface area contributed by atoms with E-state index in [1.54, 1.807) is 18.0 Å². The van der Waals surface area contributed by atoms with Crippen molar-refractivity contribution in [3.05, 3.63) is 41.7 Å². The Bertz CT molecular complexity index is 900. The van der Waals surface area contributed by atoms with Crippen molar-refractivity contribution in [1.29, 1.82) is 0 Å². The molecule has 0 aliphatic carbocycles. The predicted molar refractivity (Wildman–Crippen MR) is 128 cm³/mol. The number of imide groups is 1. The van der Waals surface area contributed by atoms with Crippen molar-refractivity contribution in [3.63, 3.8) is 0 Å². The second kappa shape index (κ2) is 11.9. The predicted octanol–water partition coefficient (Wildman–Crippen LogP) is 5.07. The number of piperidine rings is 1. The molecule has 4 heterocycles. The molecular weight excluding hydrogens is 463 g/mol. The molecule has 0 saturated carbocycles. The largest absolute Gasteiger partial charge is 0.376 e. The summed E-state index contributed by atoms with van der Waals surface area (Å²) in [7, 11) is 0. The molecule has 0 N–H and O–H groups in total. The van der Waals surface area contributed by atoms with Crippen LogP contribution in [0, 0.1) is 0 Å². The Balaban J connectivity index is 0.00000160. The zero-order chi connectivity index (χ0) is 19.3. The number of unbranched alkanes of at least 4 members (excludes halogenated alkanes) is 1. The van der Waals surface area contributed by atoms with Crippen LogP contribution in [0.15, 0.2) is 46.7 Å². The average Bonchev–Trinajstić information content (AvgIpc) is 3.29. The number of nitrogens with zero attached hydrogens (tertiary/aromatic N) is 4. The van der Waals surface area contributed by atoms with Crippen molar-refractivity contribution >= 4 is 65.1 Å². The molecule has 0 atom stereocenters. The number of carbonyl (C=O) groups excluding carboxylic acids is 2. The molecule has 4 rings (SSSR count). The van der Waals surface area contributed by atoms with E-state index in [0.29, 0.717) is 11.4 Å². The third-order valence-electron chi connectivity index (χ3n) is 4.98. The van der Waals surface area contributed by atoms with Crippen LogP contribution in [-0.2, 0) is 4.79 Å². The molecule has 164 valence electrons. The Hall–Kier alpha value is -1.35. The first-order valence-electron chi connectivity index (χ1n) is 9.77. The molecule has 2 aromatic heterocycles. The zero-order valence-electron chi connectivity index (χ0n) is 16.6. The van der Waals surface area contributed by atoms with Gasteiger partial charge in [0.15, 0.2) is 0 Å². The lowest BCUT2D eigenvalue weighted by atomic mass is 10.1. The monoisotopic (exact) mass is 488 g/mol. The maximum atomic E-state index is 12.6. The van der Waals surface area contributed by atoms with E-state index in [0.717, 1.165) is 67.0 Å². The Morgan fingerprint density at radius 1 is 1.10 bits per heavy atom. The summed E-state index contributed by atoms with van der Waals surface area (Å²) in [6.45, 7) is 2.46. The van der Waals surface area contributed by atoms with Crippen LogP contribution in [0.4, 0.5) is 4.79 Å². The van der Waals surface area contributed by atoms with Gasteiger partial charge in [0.05, 0.1) is 9.93 Å². The van der Waals surface area contributed by atoms with E-state index < -0.39 is 0 Å². The maximum Gasteiger partial charge on any atom is 0.293 e. The molecule has 2 aliphatic rings. The number of fused-ring (bicyclic) bond motifs is 1. The van der Waals surface area contributed by atoms with Gasteiger partial charge in [0.2, 0.25) is 0 Å². The molecule has 6 nitrogen and oxygen atoms in total. The van der Waals surface area contributed by atoms with Gasteiger partial charge in [-0.25, -0.2) is 4.98 Å². The average molecular weight is 489 g/mol. The van der Waals surface area contributed by atoms with Crippen molar-refractivity contribution in [2.45, 2.75) is 37.1 Å². The molecule has 0 spiro atoms. The normalized spacial score (nSPS) is 18.1. The standard InChI is InChI=1S/C20H24N4O2S2.2ClH/c25-19-16(15-22-10-2-1-3-11-22)28-20(26)24(19)12-4-5-14-27-18-8-6-7-17-21-9-13-23(17)18;;/h6-9,13,15H,1-5,10-12,14H2;2*1H/b16-15-;;. The number of pyridine rings is 1. The number of rotatable bonds is 7. The summed E-state index contributed by atoms with van der Waals surface area (Å²) in [4.78, 5) is 33.3. The van der Waals surface area contributed by atoms with Crippen molar-refractivity contribution in [3.8, 4) is 0 Å². The number of thioether (sulfide) groups is 2. The van der Waals surface area contributed by atoms with Gasteiger partial charge in [0.25, 0.3) is 11.1 Å². The number of hydrogen-bond acceptors (Lipinski definition) is 6. The van der Waals surface area contributed by atoms with Gasteiger partial charge < -0.3 is 4.90 Å². The van der Waals surface area contributed by atoms with E-state index >= 15 is 0 Å². The molecular formula is C20H26Cl2N4O2S2. The first kappa shape index (κ1) is 24.9. The van der Waals surface area contributed by atoms with E-state index in [1.807, 2.05) is 24.5 Å². The lowest BCUT2D eigenvalue weighted by Crippen LogP contribution is -2.30. The zero-order valence-corrected chi connectivity index (χ0v) is 19.8. The summed E-state index contributed by atoms with van der Waals surface area (Å²) >= 11 is 2.85. The van der Waals surface area contributed by atoms with E-state index in [4.69, 9.17) is 0 Å². The molecule has 2 saturated heterocycles. The minimum absolute atomic E-state index is 0. The van der Waals surface area contributed by atoms with Crippen LogP contribution in [0.2, 0.25) is 0 Å². The number of likely N-dealkylation sites (tertiary alicyclic amines) is 1. The topological polar surface area (TPSA) is 57.9 Å². The molecule has 10 heteroatoms. The maximum absolute atomic E-state index is 12.6. The molecule has 30 heavy (non-hydrogen) atoms. The van der Waals surface area contributed by atoms with Crippen molar-refractivity contribution in [1.82, 2.24) is 19.2 Å². The Kier molecular flexibility index (Phi) is 9.87.